The number of carboxylic acids is 1. The maximum absolute atomic E-state index is 10.7. The van der Waals surface area contributed by atoms with Crippen molar-refractivity contribution in [2.24, 2.45) is 0 Å². The van der Waals surface area contributed by atoms with Crippen LogP contribution in [0.4, 0.5) is 0 Å². The van der Waals surface area contributed by atoms with Crippen LogP contribution in [0.2, 0.25) is 0 Å². The van der Waals surface area contributed by atoms with Gasteiger partial charge in [0.2, 0.25) is 5.88 Å². The number of ether oxygens (including phenoxy) is 1. The lowest BCUT2D eigenvalue weighted by Crippen LogP contribution is -1.97. The molecule has 2 rings (SSSR count). The Morgan fingerprint density at radius 3 is 2.32 bits per heavy atom. The van der Waals surface area contributed by atoms with Crippen LogP contribution < -0.4 is 4.74 Å². The molecule has 0 radical (unpaired) electrons. The van der Waals surface area contributed by atoms with Gasteiger partial charge in [0, 0.05) is 12.3 Å². The fraction of sp³-hybridized carbons (Fsp3) is 0.200. The molecule has 0 amide bonds. The van der Waals surface area contributed by atoms with Gasteiger partial charge >= 0.3 is 5.97 Å². The van der Waals surface area contributed by atoms with Crippen LogP contribution in [0, 0.1) is 0 Å². The SMILES string of the molecule is CC(C)c1ccc(Oc2ccc(C(=O)O)cn2)cc1. The van der Waals surface area contributed by atoms with E-state index >= 15 is 0 Å². The van der Waals surface area contributed by atoms with Crippen molar-refractivity contribution in [3.05, 3.63) is 53.7 Å². The van der Waals surface area contributed by atoms with Gasteiger partial charge in [0.25, 0.3) is 0 Å². The Morgan fingerprint density at radius 2 is 1.84 bits per heavy atom. The minimum absolute atomic E-state index is 0.141. The highest BCUT2D eigenvalue weighted by molar-refractivity contribution is 5.87. The molecule has 0 spiro atoms. The van der Waals surface area contributed by atoms with Crippen LogP contribution in [0.25, 0.3) is 0 Å². The first kappa shape index (κ1) is 13.1. The average molecular weight is 257 g/mol. The van der Waals surface area contributed by atoms with Crippen molar-refractivity contribution >= 4 is 5.97 Å². The summed E-state index contributed by atoms with van der Waals surface area (Å²) in [6, 6.07) is 10.8. The first-order chi connectivity index (χ1) is 9.06. The van der Waals surface area contributed by atoms with Crippen LogP contribution >= 0.6 is 0 Å². The van der Waals surface area contributed by atoms with E-state index in [0.29, 0.717) is 17.5 Å². The van der Waals surface area contributed by atoms with Gasteiger partial charge in [-0.25, -0.2) is 9.78 Å². The van der Waals surface area contributed by atoms with E-state index < -0.39 is 5.97 Å². The predicted octanol–water partition coefficient (Wildman–Crippen LogP) is 3.70. The lowest BCUT2D eigenvalue weighted by atomic mass is 10.0. The number of aromatic nitrogens is 1. The maximum Gasteiger partial charge on any atom is 0.337 e. The number of aromatic carboxylic acids is 1. The third-order valence-electron chi connectivity index (χ3n) is 2.75. The average Bonchev–Trinajstić information content (AvgIpc) is 2.40. The number of nitrogens with zero attached hydrogens (tertiary/aromatic N) is 1. The molecule has 1 aromatic heterocycles. The van der Waals surface area contributed by atoms with E-state index in [1.807, 2.05) is 24.3 Å². The minimum atomic E-state index is -1.000. The number of pyridine rings is 1. The second-order valence-corrected chi connectivity index (χ2v) is 4.52. The van der Waals surface area contributed by atoms with Gasteiger partial charge in [-0.05, 0) is 29.7 Å². The summed E-state index contributed by atoms with van der Waals surface area (Å²) in [4.78, 5) is 14.6. The zero-order valence-electron chi connectivity index (χ0n) is 10.8. The molecule has 98 valence electrons. The Labute approximate surface area is 111 Å². The molecule has 4 heteroatoms. The monoisotopic (exact) mass is 257 g/mol. The molecular formula is C15H15NO3. The Balaban J connectivity index is 2.10. The van der Waals surface area contributed by atoms with Gasteiger partial charge in [-0.3, -0.25) is 0 Å². The Bertz CT molecular complexity index is 559. The van der Waals surface area contributed by atoms with Crippen LogP contribution in [0.5, 0.6) is 11.6 Å². The van der Waals surface area contributed by atoms with E-state index in [2.05, 4.69) is 18.8 Å². The summed E-state index contributed by atoms with van der Waals surface area (Å²) in [5, 5.41) is 8.77. The van der Waals surface area contributed by atoms with E-state index in [9.17, 15) is 4.79 Å². The van der Waals surface area contributed by atoms with Crippen molar-refractivity contribution in [1.29, 1.82) is 0 Å². The molecule has 1 N–H and O–H groups in total. The third-order valence-corrected chi connectivity index (χ3v) is 2.75. The summed E-state index contributed by atoms with van der Waals surface area (Å²) in [5.74, 6) is 0.532. The molecule has 0 fully saturated rings. The molecule has 0 unspecified atom stereocenters. The van der Waals surface area contributed by atoms with E-state index in [1.54, 1.807) is 6.07 Å². The van der Waals surface area contributed by atoms with Crippen molar-refractivity contribution in [3.8, 4) is 11.6 Å². The van der Waals surface area contributed by atoms with Crippen molar-refractivity contribution in [2.45, 2.75) is 19.8 Å². The van der Waals surface area contributed by atoms with E-state index in [0.717, 1.165) is 0 Å². The maximum atomic E-state index is 10.7. The number of hydrogen-bond acceptors (Lipinski definition) is 3. The topological polar surface area (TPSA) is 59.4 Å². The zero-order valence-corrected chi connectivity index (χ0v) is 10.8. The molecule has 0 aliphatic rings. The van der Waals surface area contributed by atoms with Gasteiger partial charge in [-0.1, -0.05) is 26.0 Å². The van der Waals surface area contributed by atoms with Crippen LogP contribution in [-0.2, 0) is 0 Å². The molecule has 0 aliphatic heterocycles. The third kappa shape index (κ3) is 3.31. The summed E-state index contributed by atoms with van der Waals surface area (Å²) >= 11 is 0. The lowest BCUT2D eigenvalue weighted by molar-refractivity contribution is 0.0696. The second-order valence-electron chi connectivity index (χ2n) is 4.52. The molecule has 19 heavy (non-hydrogen) atoms. The van der Waals surface area contributed by atoms with Crippen molar-refractivity contribution < 1.29 is 14.6 Å². The number of carboxylic acid groups (broad SMARTS) is 1. The number of rotatable bonds is 4. The fourth-order valence-corrected chi connectivity index (χ4v) is 1.61. The molecular weight excluding hydrogens is 242 g/mol. The van der Waals surface area contributed by atoms with Crippen molar-refractivity contribution in [1.82, 2.24) is 4.98 Å². The van der Waals surface area contributed by atoms with Gasteiger partial charge in [0.1, 0.15) is 5.75 Å². The highest BCUT2D eigenvalue weighted by atomic mass is 16.5. The smallest absolute Gasteiger partial charge is 0.337 e. The summed E-state index contributed by atoms with van der Waals surface area (Å²) in [7, 11) is 0. The largest absolute Gasteiger partial charge is 0.478 e. The van der Waals surface area contributed by atoms with Gasteiger partial charge in [-0.2, -0.15) is 0 Å². The Hall–Kier alpha value is -2.36. The molecule has 1 heterocycles. The van der Waals surface area contributed by atoms with Gasteiger partial charge in [-0.15, -0.1) is 0 Å². The van der Waals surface area contributed by atoms with Crippen LogP contribution in [-0.4, -0.2) is 16.1 Å². The molecule has 4 nitrogen and oxygen atoms in total. The summed E-state index contributed by atoms with van der Waals surface area (Å²) in [6.07, 6.45) is 1.28. The molecule has 0 bridgehead atoms. The van der Waals surface area contributed by atoms with Crippen molar-refractivity contribution in [2.75, 3.05) is 0 Å². The summed E-state index contributed by atoms with van der Waals surface area (Å²) in [5.41, 5.74) is 1.38. The predicted molar refractivity (Wildman–Crippen MR) is 71.8 cm³/mol. The molecule has 2 aromatic rings. The van der Waals surface area contributed by atoms with E-state index in [-0.39, 0.29) is 5.56 Å². The molecule has 0 saturated carbocycles. The Morgan fingerprint density at radius 1 is 1.16 bits per heavy atom. The van der Waals surface area contributed by atoms with Gasteiger partial charge in [0.15, 0.2) is 0 Å². The normalized spacial score (nSPS) is 10.5. The fourth-order valence-electron chi connectivity index (χ4n) is 1.61. The van der Waals surface area contributed by atoms with Crippen LogP contribution in [0.15, 0.2) is 42.6 Å². The first-order valence-electron chi connectivity index (χ1n) is 6.03. The lowest BCUT2D eigenvalue weighted by Gasteiger charge is -2.08. The highest BCUT2D eigenvalue weighted by Crippen LogP contribution is 2.22. The van der Waals surface area contributed by atoms with Crippen LogP contribution in [0.3, 0.4) is 0 Å². The van der Waals surface area contributed by atoms with Crippen molar-refractivity contribution in [3.63, 3.8) is 0 Å². The minimum Gasteiger partial charge on any atom is -0.478 e. The zero-order chi connectivity index (χ0) is 13.8. The second kappa shape index (κ2) is 5.52. The quantitative estimate of drug-likeness (QED) is 0.907. The molecule has 1 aromatic carbocycles. The number of hydrogen-bond donors (Lipinski definition) is 1. The summed E-state index contributed by atoms with van der Waals surface area (Å²) < 4.78 is 5.54. The van der Waals surface area contributed by atoms with Gasteiger partial charge < -0.3 is 9.84 Å². The first-order valence-corrected chi connectivity index (χ1v) is 6.03. The number of carbonyl (C=O) groups is 1. The van der Waals surface area contributed by atoms with Gasteiger partial charge in [0.05, 0.1) is 5.56 Å². The molecule has 0 saturated heterocycles. The standard InChI is InChI=1S/C15H15NO3/c1-10(2)11-3-6-13(7-4-11)19-14-8-5-12(9-16-14)15(17)18/h3-10H,1-2H3,(H,17,18). The van der Waals surface area contributed by atoms with E-state index in [4.69, 9.17) is 9.84 Å². The summed E-state index contributed by atoms with van der Waals surface area (Å²) in [6.45, 7) is 4.25. The van der Waals surface area contributed by atoms with Crippen LogP contribution in [0.1, 0.15) is 35.7 Å². The molecule has 0 atom stereocenters. The van der Waals surface area contributed by atoms with E-state index in [1.165, 1.54) is 17.8 Å². The Kier molecular flexibility index (Phi) is 3.80. The number of benzene rings is 1. The molecule has 0 aliphatic carbocycles. The highest BCUT2D eigenvalue weighted by Gasteiger charge is 2.05.